The minimum absolute atomic E-state index is 0.0114. The monoisotopic (exact) mass is 320 g/mol. The van der Waals surface area contributed by atoms with E-state index in [2.05, 4.69) is 14.4 Å². The molecule has 20 heavy (non-hydrogen) atoms. The Morgan fingerprint density at radius 2 is 2.20 bits per heavy atom. The predicted molar refractivity (Wildman–Crippen MR) is 67.9 cm³/mol. The molecule has 0 bridgehead atoms. The average Bonchev–Trinajstić information content (AvgIpc) is 2.92. The van der Waals surface area contributed by atoms with Crippen molar-refractivity contribution in [2.45, 2.75) is 18.0 Å². The number of halogens is 2. The Bertz CT molecular complexity index is 703. The second-order valence-electron chi connectivity index (χ2n) is 3.85. The third kappa shape index (κ3) is 3.15. The SMILES string of the molecule is O=S(=O)(NCc1ccon1)c1cc(Cl)cc(CO)c1F. The molecule has 108 valence electrons. The predicted octanol–water partition coefficient (Wildman–Crippen LogP) is 1.44. The van der Waals surface area contributed by atoms with Gasteiger partial charge in [0.05, 0.1) is 18.8 Å². The van der Waals surface area contributed by atoms with E-state index < -0.39 is 27.3 Å². The van der Waals surface area contributed by atoms with Gasteiger partial charge in [0.2, 0.25) is 10.0 Å². The molecule has 2 aromatic rings. The average molecular weight is 321 g/mol. The van der Waals surface area contributed by atoms with Gasteiger partial charge >= 0.3 is 0 Å². The summed E-state index contributed by atoms with van der Waals surface area (Å²) in [6.45, 7) is -0.808. The van der Waals surface area contributed by atoms with Crippen LogP contribution in [0.15, 0.2) is 33.9 Å². The van der Waals surface area contributed by atoms with Crippen LogP contribution < -0.4 is 4.72 Å². The highest BCUT2D eigenvalue weighted by Crippen LogP contribution is 2.23. The van der Waals surface area contributed by atoms with Crippen LogP contribution in [0.2, 0.25) is 5.02 Å². The van der Waals surface area contributed by atoms with Crippen LogP contribution in [-0.4, -0.2) is 18.7 Å². The topological polar surface area (TPSA) is 92.4 Å². The lowest BCUT2D eigenvalue weighted by Crippen LogP contribution is -2.24. The van der Waals surface area contributed by atoms with Crippen molar-refractivity contribution in [3.8, 4) is 0 Å². The molecular weight excluding hydrogens is 311 g/mol. The van der Waals surface area contributed by atoms with Crippen LogP contribution in [0.5, 0.6) is 0 Å². The lowest BCUT2D eigenvalue weighted by Gasteiger charge is -2.09. The highest BCUT2D eigenvalue weighted by Gasteiger charge is 2.22. The minimum atomic E-state index is -4.12. The number of rotatable bonds is 5. The molecule has 0 atom stereocenters. The molecule has 9 heteroatoms. The third-order valence-corrected chi connectivity index (χ3v) is 4.09. The molecule has 0 spiro atoms. The fraction of sp³-hybridized carbons (Fsp3) is 0.182. The Hall–Kier alpha value is -1.48. The molecule has 1 aromatic carbocycles. The van der Waals surface area contributed by atoms with Crippen molar-refractivity contribution >= 4 is 21.6 Å². The van der Waals surface area contributed by atoms with Crippen LogP contribution in [0, 0.1) is 5.82 Å². The van der Waals surface area contributed by atoms with Gasteiger partial charge in [0, 0.05) is 16.7 Å². The fourth-order valence-corrected chi connectivity index (χ4v) is 2.95. The Kier molecular flexibility index (Phi) is 4.39. The van der Waals surface area contributed by atoms with Crippen LogP contribution in [-0.2, 0) is 23.2 Å². The van der Waals surface area contributed by atoms with Crippen molar-refractivity contribution in [1.29, 1.82) is 0 Å². The maximum Gasteiger partial charge on any atom is 0.243 e. The number of hydrogen-bond acceptors (Lipinski definition) is 5. The van der Waals surface area contributed by atoms with Gasteiger partial charge in [0.15, 0.2) is 0 Å². The molecule has 0 saturated heterocycles. The largest absolute Gasteiger partial charge is 0.392 e. The molecule has 0 aliphatic rings. The maximum atomic E-state index is 13.9. The highest BCUT2D eigenvalue weighted by atomic mass is 35.5. The quantitative estimate of drug-likeness (QED) is 0.869. The minimum Gasteiger partial charge on any atom is -0.392 e. The van der Waals surface area contributed by atoms with Crippen molar-refractivity contribution in [3.05, 3.63) is 46.6 Å². The van der Waals surface area contributed by atoms with E-state index in [9.17, 15) is 12.8 Å². The second kappa shape index (κ2) is 5.88. The Morgan fingerprint density at radius 1 is 1.45 bits per heavy atom. The van der Waals surface area contributed by atoms with E-state index >= 15 is 0 Å². The van der Waals surface area contributed by atoms with Crippen molar-refractivity contribution < 1.29 is 22.4 Å². The molecular formula is C11H10ClFN2O4S. The van der Waals surface area contributed by atoms with Gasteiger partial charge in [-0.05, 0) is 12.1 Å². The summed E-state index contributed by atoms with van der Waals surface area (Å²) in [7, 11) is -4.12. The number of aliphatic hydroxyl groups is 1. The molecule has 0 unspecified atom stereocenters. The first-order valence-corrected chi connectivity index (χ1v) is 7.28. The van der Waals surface area contributed by atoms with E-state index in [0.717, 1.165) is 12.1 Å². The zero-order valence-electron chi connectivity index (χ0n) is 10.0. The van der Waals surface area contributed by atoms with E-state index in [1.807, 2.05) is 0 Å². The van der Waals surface area contributed by atoms with Gasteiger partial charge in [-0.25, -0.2) is 17.5 Å². The normalized spacial score (nSPS) is 11.8. The van der Waals surface area contributed by atoms with Gasteiger partial charge in [-0.15, -0.1) is 0 Å². The maximum absolute atomic E-state index is 13.9. The zero-order valence-corrected chi connectivity index (χ0v) is 11.6. The summed E-state index contributed by atoms with van der Waals surface area (Å²) < 4.78 is 44.7. The second-order valence-corrected chi connectivity index (χ2v) is 6.02. The molecule has 0 aliphatic heterocycles. The van der Waals surface area contributed by atoms with Crippen LogP contribution >= 0.6 is 11.6 Å². The van der Waals surface area contributed by atoms with E-state index in [1.165, 1.54) is 12.3 Å². The van der Waals surface area contributed by atoms with Gasteiger partial charge in [-0.1, -0.05) is 16.8 Å². The lowest BCUT2D eigenvalue weighted by molar-refractivity contribution is 0.274. The Morgan fingerprint density at radius 3 is 2.80 bits per heavy atom. The van der Waals surface area contributed by atoms with E-state index in [-0.39, 0.29) is 17.1 Å². The summed E-state index contributed by atoms with van der Waals surface area (Å²) in [5.74, 6) is -1.04. The van der Waals surface area contributed by atoms with Crippen molar-refractivity contribution in [2.75, 3.05) is 0 Å². The molecule has 0 aliphatic carbocycles. The van der Waals surface area contributed by atoms with Crippen LogP contribution in [0.4, 0.5) is 4.39 Å². The zero-order chi connectivity index (χ0) is 14.8. The van der Waals surface area contributed by atoms with Crippen LogP contribution in [0.3, 0.4) is 0 Å². The number of hydrogen-bond donors (Lipinski definition) is 2. The first-order chi connectivity index (χ1) is 9.44. The molecule has 0 saturated carbocycles. The Labute approximate surface area is 119 Å². The third-order valence-electron chi connectivity index (χ3n) is 2.47. The summed E-state index contributed by atoms with van der Waals surface area (Å²) >= 11 is 5.71. The van der Waals surface area contributed by atoms with E-state index in [0.29, 0.717) is 5.69 Å². The number of nitrogens with one attached hydrogen (secondary N) is 1. The van der Waals surface area contributed by atoms with Gasteiger partial charge in [0.25, 0.3) is 0 Å². The number of nitrogens with zero attached hydrogens (tertiary/aromatic N) is 1. The lowest BCUT2D eigenvalue weighted by atomic mass is 10.2. The highest BCUT2D eigenvalue weighted by molar-refractivity contribution is 7.89. The summed E-state index contributed by atoms with van der Waals surface area (Å²) in [5.41, 5.74) is 0.151. The molecule has 1 heterocycles. The number of sulfonamides is 1. The van der Waals surface area contributed by atoms with Gasteiger partial charge in [-0.2, -0.15) is 0 Å². The smallest absolute Gasteiger partial charge is 0.243 e. The first kappa shape index (κ1) is 14.9. The summed E-state index contributed by atoms with van der Waals surface area (Å²) in [5, 5.41) is 12.5. The molecule has 0 fully saturated rings. The molecule has 0 amide bonds. The molecule has 2 N–H and O–H groups in total. The van der Waals surface area contributed by atoms with Crippen LogP contribution in [0.1, 0.15) is 11.3 Å². The molecule has 1 aromatic heterocycles. The molecule has 2 rings (SSSR count). The number of benzene rings is 1. The fourth-order valence-electron chi connectivity index (χ4n) is 1.50. The standard InChI is InChI=1S/C11H10ClFN2O4S/c12-8-3-7(6-16)11(13)10(4-8)20(17,18)14-5-9-1-2-19-15-9/h1-4,14,16H,5-6H2. The first-order valence-electron chi connectivity index (χ1n) is 5.42. The van der Waals surface area contributed by atoms with E-state index in [1.54, 1.807) is 0 Å². The van der Waals surface area contributed by atoms with Gasteiger partial charge in [0.1, 0.15) is 17.0 Å². The Balaban J connectivity index is 2.31. The molecule has 0 radical (unpaired) electrons. The summed E-state index contributed by atoms with van der Waals surface area (Å²) in [6.07, 6.45) is 1.29. The van der Waals surface area contributed by atoms with Gasteiger partial charge < -0.3 is 9.63 Å². The van der Waals surface area contributed by atoms with Crippen molar-refractivity contribution in [3.63, 3.8) is 0 Å². The van der Waals surface area contributed by atoms with Crippen LogP contribution in [0.25, 0.3) is 0 Å². The van der Waals surface area contributed by atoms with Crippen molar-refractivity contribution in [2.24, 2.45) is 0 Å². The molecule has 6 nitrogen and oxygen atoms in total. The van der Waals surface area contributed by atoms with Crippen molar-refractivity contribution in [1.82, 2.24) is 9.88 Å². The number of aromatic nitrogens is 1. The number of aliphatic hydroxyl groups excluding tert-OH is 1. The van der Waals surface area contributed by atoms with E-state index in [4.69, 9.17) is 16.7 Å². The van der Waals surface area contributed by atoms with Gasteiger partial charge in [-0.3, -0.25) is 0 Å². The summed E-state index contributed by atoms with van der Waals surface area (Å²) in [6, 6.07) is 3.60. The summed E-state index contributed by atoms with van der Waals surface area (Å²) in [4.78, 5) is -0.627.